The van der Waals surface area contributed by atoms with Crippen LogP contribution in [0.5, 0.6) is 0 Å². The van der Waals surface area contributed by atoms with E-state index in [9.17, 15) is 22.8 Å². The fourth-order valence-electron chi connectivity index (χ4n) is 1.84. The molecule has 0 fully saturated rings. The summed E-state index contributed by atoms with van der Waals surface area (Å²) in [5, 5.41) is 2.45. The normalized spacial score (nSPS) is 11.3. The topological polar surface area (TPSA) is 88.1 Å². The summed E-state index contributed by atoms with van der Waals surface area (Å²) in [6.45, 7) is 2.85. The first-order valence-electron chi connectivity index (χ1n) is 6.92. The number of carbonyl (C=O) groups excluding carboxylic acids is 2. The Labute approximate surface area is 144 Å². The molecule has 2 heterocycles. The summed E-state index contributed by atoms with van der Waals surface area (Å²) in [5.41, 5.74) is -1.23. The minimum absolute atomic E-state index is 0.0949. The van der Waals surface area contributed by atoms with Crippen LogP contribution in [0.15, 0.2) is 6.07 Å². The Morgan fingerprint density at radius 2 is 1.80 bits per heavy atom. The van der Waals surface area contributed by atoms with Crippen LogP contribution in [0, 0.1) is 13.8 Å². The Kier molecular flexibility index (Phi) is 5.07. The van der Waals surface area contributed by atoms with E-state index in [1.807, 2.05) is 0 Å². The molecule has 2 aromatic rings. The number of alkyl halides is 3. The van der Waals surface area contributed by atoms with Gasteiger partial charge in [-0.1, -0.05) is 11.3 Å². The number of hydrogen-bond donors (Lipinski definition) is 1. The van der Waals surface area contributed by atoms with Gasteiger partial charge in [-0.3, -0.25) is 14.9 Å². The summed E-state index contributed by atoms with van der Waals surface area (Å²) in [6, 6.07) is 0.564. The number of aryl methyl sites for hydroxylation is 2. The molecule has 0 aliphatic rings. The Hall–Kier alpha value is -2.56. The van der Waals surface area contributed by atoms with Gasteiger partial charge in [0.1, 0.15) is 22.1 Å². The van der Waals surface area contributed by atoms with Crippen LogP contribution < -0.4 is 5.32 Å². The molecule has 0 radical (unpaired) electrons. The van der Waals surface area contributed by atoms with Crippen molar-refractivity contribution in [1.29, 1.82) is 0 Å². The monoisotopic (exact) mass is 373 g/mol. The van der Waals surface area contributed by atoms with Crippen molar-refractivity contribution in [1.82, 2.24) is 19.9 Å². The van der Waals surface area contributed by atoms with Crippen LogP contribution in [0.2, 0.25) is 0 Å². The van der Waals surface area contributed by atoms with Crippen LogP contribution in [0.3, 0.4) is 0 Å². The van der Waals surface area contributed by atoms with Gasteiger partial charge < -0.3 is 4.90 Å². The van der Waals surface area contributed by atoms with Crippen molar-refractivity contribution in [3.8, 4) is 0 Å². The lowest BCUT2D eigenvalue weighted by Gasteiger charge is -2.08. The van der Waals surface area contributed by atoms with Crippen LogP contribution in [0.25, 0.3) is 0 Å². The van der Waals surface area contributed by atoms with Gasteiger partial charge in [-0.15, -0.1) is 0 Å². The zero-order valence-electron chi connectivity index (χ0n) is 13.7. The lowest BCUT2D eigenvalue weighted by atomic mass is 10.3. The van der Waals surface area contributed by atoms with Gasteiger partial charge in [0, 0.05) is 20.2 Å². The summed E-state index contributed by atoms with van der Waals surface area (Å²) >= 11 is 0.933. The summed E-state index contributed by atoms with van der Waals surface area (Å²) in [5.74, 6) is -1.33. The van der Waals surface area contributed by atoms with Gasteiger partial charge in [0.2, 0.25) is 0 Å². The van der Waals surface area contributed by atoms with E-state index >= 15 is 0 Å². The summed E-state index contributed by atoms with van der Waals surface area (Å²) < 4.78 is 38.4. The van der Waals surface area contributed by atoms with Crippen molar-refractivity contribution in [3.05, 3.63) is 33.8 Å². The Morgan fingerprint density at radius 1 is 1.16 bits per heavy atom. The van der Waals surface area contributed by atoms with Crippen LogP contribution >= 0.6 is 11.3 Å². The molecule has 0 aromatic carbocycles. The number of carbonyl (C=O) groups is 2. The van der Waals surface area contributed by atoms with E-state index in [-0.39, 0.29) is 16.9 Å². The van der Waals surface area contributed by atoms with Gasteiger partial charge in [-0.2, -0.15) is 13.2 Å². The molecule has 0 spiro atoms. The molecule has 7 nitrogen and oxygen atoms in total. The van der Waals surface area contributed by atoms with E-state index < -0.39 is 23.5 Å². The van der Waals surface area contributed by atoms with E-state index in [1.54, 1.807) is 21.0 Å². The predicted octanol–water partition coefficient (Wildman–Crippen LogP) is 2.52. The van der Waals surface area contributed by atoms with Gasteiger partial charge in [0.05, 0.1) is 5.69 Å². The van der Waals surface area contributed by atoms with Crippen molar-refractivity contribution in [3.63, 3.8) is 0 Å². The number of halogens is 3. The largest absolute Gasteiger partial charge is 0.433 e. The highest BCUT2D eigenvalue weighted by molar-refractivity contribution is 7.17. The van der Waals surface area contributed by atoms with E-state index in [1.165, 1.54) is 11.8 Å². The number of nitrogens with one attached hydrogen (secondary N) is 1. The van der Waals surface area contributed by atoms with Gasteiger partial charge in [0.15, 0.2) is 5.13 Å². The number of nitrogens with zero attached hydrogens (tertiary/aromatic N) is 4. The van der Waals surface area contributed by atoms with Crippen LogP contribution in [0.4, 0.5) is 18.3 Å². The number of aromatic nitrogens is 3. The third-order valence-electron chi connectivity index (χ3n) is 2.98. The summed E-state index contributed by atoms with van der Waals surface area (Å²) in [4.78, 5) is 36.9. The maximum atomic E-state index is 12.8. The first-order chi connectivity index (χ1) is 11.5. The van der Waals surface area contributed by atoms with Crippen molar-refractivity contribution in [2.45, 2.75) is 20.0 Å². The average molecular weight is 373 g/mol. The first-order valence-corrected chi connectivity index (χ1v) is 7.74. The third-order valence-corrected chi connectivity index (χ3v) is 4.04. The Balaban J connectivity index is 2.28. The third kappa shape index (κ3) is 4.29. The summed E-state index contributed by atoms with van der Waals surface area (Å²) in [6.07, 6.45) is -4.69. The minimum atomic E-state index is -4.69. The number of rotatable bonds is 3. The molecule has 0 aliphatic heterocycles. The molecule has 0 saturated carbocycles. The molecule has 25 heavy (non-hydrogen) atoms. The second-order valence-corrected chi connectivity index (χ2v) is 6.27. The van der Waals surface area contributed by atoms with E-state index in [2.05, 4.69) is 20.3 Å². The molecule has 0 aliphatic carbocycles. The molecule has 2 aromatic heterocycles. The molecule has 1 N–H and O–H groups in total. The SMILES string of the molecule is Cc1nc(C(=O)Nc2nc(C)c(C(=O)N(C)C)s2)cc(C(F)(F)F)n1. The van der Waals surface area contributed by atoms with Crippen LogP contribution in [0.1, 0.15) is 37.4 Å². The second-order valence-electron chi connectivity index (χ2n) is 5.27. The molecule has 2 rings (SSSR count). The number of hydrogen-bond acceptors (Lipinski definition) is 6. The molecule has 134 valence electrons. The van der Waals surface area contributed by atoms with Gasteiger partial charge in [-0.05, 0) is 13.8 Å². The quantitative estimate of drug-likeness (QED) is 0.893. The highest BCUT2D eigenvalue weighted by Crippen LogP contribution is 2.28. The molecular formula is C14H14F3N5O2S. The average Bonchev–Trinajstić information content (AvgIpc) is 2.85. The van der Waals surface area contributed by atoms with Gasteiger partial charge in [0.25, 0.3) is 11.8 Å². The van der Waals surface area contributed by atoms with E-state index in [0.29, 0.717) is 16.6 Å². The molecule has 11 heteroatoms. The van der Waals surface area contributed by atoms with Crippen molar-refractivity contribution in [2.75, 3.05) is 19.4 Å². The van der Waals surface area contributed by atoms with Crippen molar-refractivity contribution < 1.29 is 22.8 Å². The highest BCUT2D eigenvalue weighted by Gasteiger charge is 2.34. The smallest absolute Gasteiger partial charge is 0.344 e. The Morgan fingerprint density at radius 3 is 2.36 bits per heavy atom. The van der Waals surface area contributed by atoms with Crippen LogP contribution in [-0.2, 0) is 6.18 Å². The van der Waals surface area contributed by atoms with E-state index in [4.69, 9.17) is 0 Å². The lowest BCUT2D eigenvalue weighted by molar-refractivity contribution is -0.141. The first kappa shape index (κ1) is 18.8. The number of thiazole rings is 1. The summed E-state index contributed by atoms with van der Waals surface area (Å²) in [7, 11) is 3.14. The molecule has 0 unspecified atom stereocenters. The van der Waals surface area contributed by atoms with Crippen molar-refractivity contribution >= 4 is 28.3 Å². The molecule has 2 amide bonds. The van der Waals surface area contributed by atoms with E-state index in [0.717, 1.165) is 11.3 Å². The van der Waals surface area contributed by atoms with Gasteiger partial charge >= 0.3 is 6.18 Å². The van der Waals surface area contributed by atoms with Crippen LogP contribution in [-0.4, -0.2) is 45.8 Å². The van der Waals surface area contributed by atoms with Gasteiger partial charge in [-0.25, -0.2) is 15.0 Å². The fourth-order valence-corrected chi connectivity index (χ4v) is 2.82. The molecule has 0 bridgehead atoms. The molecule has 0 saturated heterocycles. The second kappa shape index (κ2) is 6.75. The maximum absolute atomic E-state index is 12.8. The molecular weight excluding hydrogens is 359 g/mol. The molecule has 0 atom stereocenters. The lowest BCUT2D eigenvalue weighted by Crippen LogP contribution is -2.21. The van der Waals surface area contributed by atoms with Crippen molar-refractivity contribution in [2.24, 2.45) is 0 Å². The predicted molar refractivity (Wildman–Crippen MR) is 84.6 cm³/mol. The number of amides is 2. The zero-order valence-corrected chi connectivity index (χ0v) is 14.5. The zero-order chi connectivity index (χ0) is 18.9. The highest BCUT2D eigenvalue weighted by atomic mass is 32.1. The standard InChI is InChI=1S/C14H14F3N5O2S/c1-6-10(12(24)22(3)4)25-13(18-6)21-11(23)8-5-9(14(15,16)17)20-7(2)19-8/h5H,1-4H3,(H,18,21,23). The number of anilines is 1. The maximum Gasteiger partial charge on any atom is 0.433 e. The Bertz CT molecular complexity index is 832. The minimum Gasteiger partial charge on any atom is -0.344 e. The fraction of sp³-hybridized carbons (Fsp3) is 0.357.